The van der Waals surface area contributed by atoms with Gasteiger partial charge in [0.15, 0.2) is 5.54 Å². The van der Waals surface area contributed by atoms with Gasteiger partial charge in [0.25, 0.3) is 0 Å². The Labute approximate surface area is 185 Å². The number of hydrogen-bond donors (Lipinski definition) is 2. The molecule has 1 aliphatic heterocycles. The number of carboxylic acids is 1. The number of aromatic nitrogens is 2. The van der Waals surface area contributed by atoms with Crippen LogP contribution in [0.15, 0.2) is 55.0 Å². The Morgan fingerprint density at radius 3 is 2.68 bits per heavy atom. The molecule has 2 N–H and O–H groups in total. The van der Waals surface area contributed by atoms with E-state index >= 15 is 0 Å². The fraction of sp³-hybridized carbons (Fsp3) is 0.261. The zero-order valence-electron chi connectivity index (χ0n) is 17.3. The molecule has 4 rings (SSSR count). The molecule has 3 aromatic rings. The second-order valence-corrected chi connectivity index (χ2v) is 7.51. The maximum atomic E-state index is 11.9. The van der Waals surface area contributed by atoms with Gasteiger partial charge < -0.3 is 19.7 Å². The van der Waals surface area contributed by atoms with Gasteiger partial charge in [0.1, 0.15) is 5.75 Å². The van der Waals surface area contributed by atoms with Gasteiger partial charge in [-0.1, -0.05) is 29.8 Å². The van der Waals surface area contributed by atoms with Gasteiger partial charge in [0.05, 0.1) is 25.1 Å². The number of fused-ring (bicyclic) bond motifs is 1. The Hall–Kier alpha value is -3.34. The van der Waals surface area contributed by atoms with Crippen LogP contribution in [-0.4, -0.2) is 34.8 Å². The molecule has 1 atom stereocenters. The summed E-state index contributed by atoms with van der Waals surface area (Å²) in [6, 6.07) is 14.7. The summed E-state index contributed by atoms with van der Waals surface area (Å²) in [5.41, 5.74) is 1.79. The third-order valence-electron chi connectivity index (χ3n) is 5.31. The highest BCUT2D eigenvalue weighted by atomic mass is 35.5. The summed E-state index contributed by atoms with van der Waals surface area (Å²) >= 11 is 6.21. The minimum Gasteiger partial charge on any atom is -0.497 e. The van der Waals surface area contributed by atoms with Gasteiger partial charge in [-0.2, -0.15) is 5.26 Å². The number of aliphatic carboxylic acids is 1. The van der Waals surface area contributed by atoms with E-state index in [0.29, 0.717) is 24.0 Å². The van der Waals surface area contributed by atoms with E-state index in [2.05, 4.69) is 22.4 Å². The summed E-state index contributed by atoms with van der Waals surface area (Å²) in [4.78, 5) is 15.9. The minimum absolute atomic E-state index is 0.285. The van der Waals surface area contributed by atoms with Crippen molar-refractivity contribution in [1.82, 2.24) is 14.9 Å². The molecule has 8 heteroatoms. The number of aryl methyl sites for hydroxylation is 1. The van der Waals surface area contributed by atoms with Gasteiger partial charge in [-0.3, -0.25) is 0 Å². The van der Waals surface area contributed by atoms with Crippen molar-refractivity contribution in [2.45, 2.75) is 24.9 Å². The van der Waals surface area contributed by atoms with Crippen LogP contribution in [0.3, 0.4) is 0 Å². The molecule has 0 radical (unpaired) electrons. The molecule has 0 amide bonds. The van der Waals surface area contributed by atoms with E-state index in [9.17, 15) is 9.90 Å². The molecular formula is C23H23ClN4O3. The average molecular weight is 439 g/mol. The lowest BCUT2D eigenvalue weighted by molar-refractivity contribution is -0.145. The standard InChI is InChI=1S/C14H10ClN3O2.C9H13NO/c15-12-5-9(6-16)1-2-11(12)14(13(19)20)4-3-10-7-17-8-18(10)14;1-10-7-8-3-5-9(11-2)6-4-8/h1-2,5,7-8H,3-4H2,(H,19,20);3-6,10H,7H2,1-2H3. The first-order chi connectivity index (χ1) is 15.0. The highest BCUT2D eigenvalue weighted by Crippen LogP contribution is 2.41. The third kappa shape index (κ3) is 4.41. The molecular weight excluding hydrogens is 416 g/mol. The van der Waals surface area contributed by atoms with Crippen LogP contribution in [0.4, 0.5) is 0 Å². The number of methoxy groups -OCH3 is 1. The minimum atomic E-state index is -1.24. The third-order valence-corrected chi connectivity index (χ3v) is 5.62. The number of hydrogen-bond acceptors (Lipinski definition) is 5. The van der Waals surface area contributed by atoms with E-state index in [1.807, 2.05) is 25.2 Å². The summed E-state index contributed by atoms with van der Waals surface area (Å²) in [6.45, 7) is 0.907. The molecule has 2 aromatic carbocycles. The smallest absolute Gasteiger partial charge is 0.334 e. The maximum absolute atomic E-state index is 11.9. The Balaban J connectivity index is 0.000000210. The second kappa shape index (κ2) is 9.65. The van der Waals surface area contributed by atoms with Crippen LogP contribution < -0.4 is 10.1 Å². The average Bonchev–Trinajstić information content (AvgIpc) is 3.38. The summed E-state index contributed by atoms with van der Waals surface area (Å²) < 4.78 is 6.68. The monoisotopic (exact) mass is 438 g/mol. The number of carboxylic acid groups (broad SMARTS) is 1. The van der Waals surface area contributed by atoms with Crippen molar-refractivity contribution < 1.29 is 14.6 Å². The lowest BCUT2D eigenvalue weighted by Gasteiger charge is -2.28. The highest BCUT2D eigenvalue weighted by molar-refractivity contribution is 6.31. The van der Waals surface area contributed by atoms with Crippen LogP contribution in [0.2, 0.25) is 5.02 Å². The van der Waals surface area contributed by atoms with Crippen molar-refractivity contribution in [3.8, 4) is 11.8 Å². The number of ether oxygens (including phenoxy) is 1. The molecule has 0 saturated heterocycles. The van der Waals surface area contributed by atoms with Crippen LogP contribution in [0.25, 0.3) is 0 Å². The van der Waals surface area contributed by atoms with Gasteiger partial charge in [-0.15, -0.1) is 0 Å². The van der Waals surface area contributed by atoms with E-state index < -0.39 is 11.5 Å². The number of nitrogens with zero attached hydrogens (tertiary/aromatic N) is 3. The molecule has 0 aliphatic carbocycles. The maximum Gasteiger partial charge on any atom is 0.334 e. The summed E-state index contributed by atoms with van der Waals surface area (Å²) in [5.74, 6) is -0.0642. The van der Waals surface area contributed by atoms with Crippen LogP contribution in [0.1, 0.15) is 28.8 Å². The topological polar surface area (TPSA) is 100 Å². The van der Waals surface area contributed by atoms with Gasteiger partial charge in [0.2, 0.25) is 0 Å². The Morgan fingerprint density at radius 2 is 2.10 bits per heavy atom. The zero-order valence-corrected chi connectivity index (χ0v) is 18.1. The van der Waals surface area contributed by atoms with Crippen LogP contribution in [-0.2, 0) is 23.3 Å². The van der Waals surface area contributed by atoms with E-state index in [-0.39, 0.29) is 5.02 Å². The van der Waals surface area contributed by atoms with Gasteiger partial charge in [-0.25, -0.2) is 9.78 Å². The second-order valence-electron chi connectivity index (χ2n) is 7.11. The van der Waals surface area contributed by atoms with Crippen LogP contribution in [0, 0.1) is 11.3 Å². The van der Waals surface area contributed by atoms with Gasteiger partial charge in [-0.05, 0) is 49.7 Å². The lowest BCUT2D eigenvalue weighted by atomic mass is 9.87. The Morgan fingerprint density at radius 1 is 1.35 bits per heavy atom. The lowest BCUT2D eigenvalue weighted by Crippen LogP contribution is -2.40. The molecule has 31 heavy (non-hydrogen) atoms. The van der Waals surface area contributed by atoms with E-state index in [1.54, 1.807) is 30.0 Å². The van der Waals surface area contributed by atoms with E-state index in [1.165, 1.54) is 18.0 Å². The normalized spacial score (nSPS) is 16.6. The molecule has 0 fully saturated rings. The van der Waals surface area contributed by atoms with Gasteiger partial charge >= 0.3 is 5.97 Å². The number of carbonyl (C=O) groups is 1. The largest absolute Gasteiger partial charge is 0.497 e. The van der Waals surface area contributed by atoms with E-state index in [4.69, 9.17) is 21.6 Å². The number of nitrogens with one attached hydrogen (secondary N) is 1. The molecule has 1 aromatic heterocycles. The highest BCUT2D eigenvalue weighted by Gasteiger charge is 2.48. The summed E-state index contributed by atoms with van der Waals surface area (Å²) in [6.07, 6.45) is 4.24. The first-order valence-electron chi connectivity index (χ1n) is 9.69. The van der Waals surface area contributed by atoms with Crippen molar-refractivity contribution in [3.05, 3.63) is 82.4 Å². The summed E-state index contributed by atoms with van der Waals surface area (Å²) in [7, 11) is 3.61. The fourth-order valence-electron chi connectivity index (χ4n) is 3.74. The molecule has 160 valence electrons. The quantitative estimate of drug-likeness (QED) is 0.631. The fourth-order valence-corrected chi connectivity index (χ4v) is 4.07. The van der Waals surface area contributed by atoms with Crippen molar-refractivity contribution in [2.75, 3.05) is 14.2 Å². The molecule has 2 heterocycles. The first kappa shape index (κ1) is 22.3. The number of nitriles is 1. The predicted molar refractivity (Wildman–Crippen MR) is 117 cm³/mol. The Bertz CT molecular complexity index is 1100. The first-order valence-corrected chi connectivity index (χ1v) is 10.1. The summed E-state index contributed by atoms with van der Waals surface area (Å²) in [5, 5.41) is 22.0. The van der Waals surface area contributed by atoms with Crippen LogP contribution >= 0.6 is 11.6 Å². The number of imidazole rings is 1. The van der Waals surface area contributed by atoms with E-state index in [0.717, 1.165) is 18.0 Å². The molecule has 7 nitrogen and oxygen atoms in total. The Kier molecular flexibility index (Phi) is 6.95. The van der Waals surface area contributed by atoms with Crippen molar-refractivity contribution in [3.63, 3.8) is 0 Å². The molecule has 0 saturated carbocycles. The number of halogens is 1. The SMILES string of the molecule is CNCc1ccc(OC)cc1.N#Cc1ccc(C2(C(=O)O)CCc3cncn32)c(Cl)c1. The van der Waals surface area contributed by atoms with Crippen molar-refractivity contribution in [1.29, 1.82) is 5.26 Å². The number of benzene rings is 2. The zero-order chi connectivity index (χ0) is 22.4. The van der Waals surface area contributed by atoms with Gasteiger partial charge in [0, 0.05) is 29.0 Å². The van der Waals surface area contributed by atoms with Crippen molar-refractivity contribution >= 4 is 17.6 Å². The number of rotatable bonds is 5. The molecule has 1 aliphatic rings. The molecule has 0 bridgehead atoms. The predicted octanol–water partition coefficient (Wildman–Crippen LogP) is 3.60. The molecule has 1 unspecified atom stereocenters. The van der Waals surface area contributed by atoms with Crippen LogP contribution in [0.5, 0.6) is 5.75 Å². The van der Waals surface area contributed by atoms with Crippen molar-refractivity contribution in [2.24, 2.45) is 0 Å². The molecule has 0 spiro atoms.